The van der Waals surface area contributed by atoms with Crippen LogP contribution in [0.5, 0.6) is 0 Å². The minimum atomic E-state index is -4.96. The molecule has 0 saturated carbocycles. The van der Waals surface area contributed by atoms with Crippen LogP contribution in [0.4, 0.5) is 0 Å². The summed E-state index contributed by atoms with van der Waals surface area (Å²) in [6, 6.07) is 0. The Hall–Kier alpha value is -1.94. The molecule has 0 radical (unpaired) electrons. The molecule has 0 fully saturated rings. The summed E-state index contributed by atoms with van der Waals surface area (Å²) < 4.78 is 68.5. The molecule has 0 spiro atoms. The summed E-state index contributed by atoms with van der Waals surface area (Å²) in [6.45, 7) is 7.28. The first-order chi connectivity index (χ1) is 46.6. The van der Waals surface area contributed by atoms with Crippen molar-refractivity contribution in [3.8, 4) is 0 Å². The highest BCUT2D eigenvalue weighted by atomic mass is 31.2. The normalized spacial score (nSPS) is 14.2. The highest BCUT2D eigenvalue weighted by Gasteiger charge is 2.30. The molecule has 17 nitrogen and oxygen atoms in total. The molecule has 6 atom stereocenters. The van der Waals surface area contributed by atoms with Crippen LogP contribution in [0.15, 0.2) is 0 Å². The van der Waals surface area contributed by atoms with E-state index >= 15 is 0 Å². The fourth-order valence-electron chi connectivity index (χ4n) is 11.8. The molecule has 0 aromatic heterocycles. The number of hydrogen-bond donors (Lipinski definition) is 3. The molecule has 0 bridgehead atoms. The third kappa shape index (κ3) is 69.2. The van der Waals surface area contributed by atoms with E-state index in [9.17, 15) is 43.2 Å². The number of carbonyl (C=O) groups is 4. The summed E-state index contributed by atoms with van der Waals surface area (Å²) in [6.07, 6.45) is 59.7. The molecule has 0 aromatic carbocycles. The van der Waals surface area contributed by atoms with Crippen molar-refractivity contribution >= 4 is 39.5 Å². The Balaban J connectivity index is 5.19. The third-order valence-corrected chi connectivity index (χ3v) is 20.3. The molecule has 0 heterocycles. The maximum atomic E-state index is 13.1. The van der Waals surface area contributed by atoms with Gasteiger partial charge in [-0.15, -0.1) is 0 Å². The molecule has 0 rings (SSSR count). The molecule has 0 saturated heterocycles. The number of carbonyl (C=O) groups excluding carboxylic acids is 4. The van der Waals surface area contributed by atoms with Crippen LogP contribution in [0.25, 0.3) is 0 Å². The molecule has 3 N–H and O–H groups in total. The molecular weight excluding hydrogens is 1260 g/mol. The maximum absolute atomic E-state index is 13.1. The number of aliphatic hydroxyl groups excluding tert-OH is 1. The molecule has 570 valence electrons. The molecule has 0 amide bonds. The number of hydrogen-bond acceptors (Lipinski definition) is 15. The van der Waals surface area contributed by atoms with Gasteiger partial charge in [0.15, 0.2) is 12.2 Å². The van der Waals surface area contributed by atoms with E-state index in [1.54, 1.807) is 0 Å². The van der Waals surface area contributed by atoms with Crippen molar-refractivity contribution < 1.29 is 80.2 Å². The summed E-state index contributed by atoms with van der Waals surface area (Å²) in [7, 11) is -9.91. The lowest BCUT2D eigenvalue weighted by atomic mass is 9.99. The van der Waals surface area contributed by atoms with Gasteiger partial charge in [0.2, 0.25) is 0 Å². The average Bonchev–Trinajstić information content (AvgIpc) is 2.10. The van der Waals surface area contributed by atoms with Gasteiger partial charge in [0, 0.05) is 25.7 Å². The Labute approximate surface area is 588 Å². The van der Waals surface area contributed by atoms with E-state index in [1.165, 1.54) is 231 Å². The zero-order valence-electron chi connectivity index (χ0n) is 62.5. The fourth-order valence-corrected chi connectivity index (χ4v) is 13.4. The number of unbranched alkanes of at least 4 members (excludes halogenated alkanes) is 48. The van der Waals surface area contributed by atoms with Crippen LogP contribution in [0.1, 0.15) is 407 Å². The Kier molecular flexibility index (Phi) is 68.7. The Bertz CT molecular complexity index is 1840. The van der Waals surface area contributed by atoms with E-state index < -0.39 is 97.5 Å². The van der Waals surface area contributed by atoms with Crippen LogP contribution in [-0.4, -0.2) is 96.7 Å². The third-order valence-electron chi connectivity index (χ3n) is 18.4. The molecule has 0 aromatic rings. The molecule has 96 heavy (non-hydrogen) atoms. The van der Waals surface area contributed by atoms with Gasteiger partial charge in [-0.3, -0.25) is 37.3 Å². The number of esters is 4. The predicted octanol–water partition coefficient (Wildman–Crippen LogP) is 22.9. The SMILES string of the molecule is CCCCCCCCCCCCCCCCCCCCCCCC(=O)O[C@H](COC(=O)CCCCCCCCCCCCCCCC)COP(=O)(O)OC[C@@H](O)COP(=O)(O)OC[C@@H](COC(=O)CCCCCCCCCCC)OC(=O)CCCCCCCCCCC(C)CC. The van der Waals surface area contributed by atoms with Crippen molar-refractivity contribution in [2.24, 2.45) is 5.92 Å². The number of rotatable bonds is 77. The predicted molar refractivity (Wildman–Crippen MR) is 391 cm³/mol. The number of ether oxygens (including phenoxy) is 4. The summed E-state index contributed by atoms with van der Waals surface area (Å²) in [5, 5.41) is 10.6. The Morgan fingerprint density at radius 1 is 0.292 bits per heavy atom. The van der Waals surface area contributed by atoms with Gasteiger partial charge in [0.05, 0.1) is 26.4 Å². The zero-order valence-corrected chi connectivity index (χ0v) is 64.3. The molecule has 19 heteroatoms. The quantitative estimate of drug-likeness (QED) is 0.0222. The van der Waals surface area contributed by atoms with Crippen molar-refractivity contribution in [2.45, 2.75) is 425 Å². The van der Waals surface area contributed by atoms with E-state index in [1.807, 2.05) is 0 Å². The van der Waals surface area contributed by atoms with Crippen molar-refractivity contribution in [1.82, 2.24) is 0 Å². The monoisotopic (exact) mass is 1410 g/mol. The molecule has 0 aliphatic carbocycles. The van der Waals surface area contributed by atoms with Gasteiger partial charge >= 0.3 is 39.5 Å². The summed E-state index contributed by atoms with van der Waals surface area (Å²) in [4.78, 5) is 72.8. The first kappa shape index (κ1) is 94.1. The van der Waals surface area contributed by atoms with Gasteiger partial charge in [-0.05, 0) is 31.6 Å². The highest BCUT2D eigenvalue weighted by Crippen LogP contribution is 2.45. The standard InChI is InChI=1S/C77H150O17P2/c1-6-10-13-16-19-22-24-26-28-29-30-31-32-33-34-36-38-41-47-52-57-62-76(81)93-72(67-88-75(80)61-56-51-46-40-37-35-27-25-23-20-17-14-11-7-2)68-91-95(83,84)89-64-71(78)65-90-96(85,86)92-69-73(66-87-74(79)60-55-50-45-39-21-18-15-12-8-3)94-77(82)63-58-53-48-43-42-44-49-54-59-70(5)9-4/h70-73,78H,6-69H2,1-5H3,(H,83,84)(H,85,86)/t70?,71-,72-,73-/m1/s1. The second-order valence-electron chi connectivity index (χ2n) is 28.0. The van der Waals surface area contributed by atoms with Crippen molar-refractivity contribution in [3.63, 3.8) is 0 Å². The van der Waals surface area contributed by atoms with Crippen LogP contribution in [0.2, 0.25) is 0 Å². The van der Waals surface area contributed by atoms with Crippen LogP contribution < -0.4 is 0 Å². The van der Waals surface area contributed by atoms with Crippen molar-refractivity contribution in [1.29, 1.82) is 0 Å². The second-order valence-corrected chi connectivity index (χ2v) is 30.9. The summed E-state index contributed by atoms with van der Waals surface area (Å²) in [5.41, 5.74) is 0. The van der Waals surface area contributed by atoms with Crippen LogP contribution in [0.3, 0.4) is 0 Å². The van der Waals surface area contributed by atoms with Gasteiger partial charge in [-0.1, -0.05) is 356 Å². The molecular formula is C77H150O17P2. The zero-order chi connectivity index (χ0) is 70.5. The first-order valence-corrected chi connectivity index (χ1v) is 43.2. The Morgan fingerprint density at radius 2 is 0.500 bits per heavy atom. The highest BCUT2D eigenvalue weighted by molar-refractivity contribution is 7.47. The topological polar surface area (TPSA) is 237 Å². The van der Waals surface area contributed by atoms with E-state index in [-0.39, 0.29) is 25.7 Å². The van der Waals surface area contributed by atoms with Gasteiger partial charge in [-0.25, -0.2) is 9.13 Å². The number of phosphoric acid groups is 2. The summed E-state index contributed by atoms with van der Waals surface area (Å²) in [5.74, 6) is -1.35. The molecule has 3 unspecified atom stereocenters. The van der Waals surface area contributed by atoms with Crippen molar-refractivity contribution in [3.05, 3.63) is 0 Å². The molecule has 0 aliphatic rings. The Morgan fingerprint density at radius 3 is 0.740 bits per heavy atom. The average molecular weight is 1410 g/mol. The first-order valence-electron chi connectivity index (χ1n) is 40.2. The van der Waals surface area contributed by atoms with Gasteiger partial charge < -0.3 is 33.8 Å². The van der Waals surface area contributed by atoms with Crippen LogP contribution in [0, 0.1) is 5.92 Å². The van der Waals surface area contributed by atoms with Crippen LogP contribution >= 0.6 is 15.6 Å². The maximum Gasteiger partial charge on any atom is 0.472 e. The van der Waals surface area contributed by atoms with Gasteiger partial charge in [-0.2, -0.15) is 0 Å². The lowest BCUT2D eigenvalue weighted by Gasteiger charge is -2.21. The van der Waals surface area contributed by atoms with Crippen molar-refractivity contribution in [2.75, 3.05) is 39.6 Å². The van der Waals surface area contributed by atoms with E-state index in [0.29, 0.717) is 25.7 Å². The minimum absolute atomic E-state index is 0.105. The number of aliphatic hydroxyl groups is 1. The van der Waals surface area contributed by atoms with Crippen LogP contribution in [-0.2, 0) is 65.4 Å². The lowest BCUT2D eigenvalue weighted by Crippen LogP contribution is -2.30. The second kappa shape index (κ2) is 70.1. The van der Waals surface area contributed by atoms with Gasteiger partial charge in [0.25, 0.3) is 0 Å². The van der Waals surface area contributed by atoms with Gasteiger partial charge in [0.1, 0.15) is 19.3 Å². The largest absolute Gasteiger partial charge is 0.472 e. The van der Waals surface area contributed by atoms with E-state index in [4.69, 9.17) is 37.0 Å². The summed E-state index contributed by atoms with van der Waals surface area (Å²) >= 11 is 0. The smallest absolute Gasteiger partial charge is 0.462 e. The molecule has 0 aliphatic heterocycles. The van der Waals surface area contributed by atoms with E-state index in [2.05, 4.69) is 34.6 Å². The minimum Gasteiger partial charge on any atom is -0.462 e. The van der Waals surface area contributed by atoms with E-state index in [0.717, 1.165) is 95.8 Å². The lowest BCUT2D eigenvalue weighted by molar-refractivity contribution is -0.161. The fraction of sp³-hybridized carbons (Fsp3) is 0.948. The number of phosphoric ester groups is 2.